The molecule has 0 bridgehead atoms. The maximum Gasteiger partial charge on any atom is 0.123 e. The lowest BCUT2D eigenvalue weighted by atomic mass is 10.00. The minimum Gasteiger partial charge on any atom is -0.398 e. The van der Waals surface area contributed by atoms with Crippen LogP contribution < -0.4 is 5.73 Å². The summed E-state index contributed by atoms with van der Waals surface area (Å²) in [6, 6.07) is 13.9. The highest BCUT2D eigenvalue weighted by Gasteiger charge is 2.12. The molecule has 1 atom stereocenters. The Labute approximate surface area is 106 Å². The Hall–Kier alpha value is -1.87. The fourth-order valence-corrected chi connectivity index (χ4v) is 1.94. The molecule has 0 spiro atoms. The highest BCUT2D eigenvalue weighted by atomic mass is 19.1. The zero-order valence-electron chi connectivity index (χ0n) is 10.0. The van der Waals surface area contributed by atoms with Crippen LogP contribution >= 0.6 is 0 Å². The van der Waals surface area contributed by atoms with Gasteiger partial charge < -0.3 is 10.8 Å². The van der Waals surface area contributed by atoms with Gasteiger partial charge in [0.1, 0.15) is 5.82 Å². The third-order valence-electron chi connectivity index (χ3n) is 2.96. The van der Waals surface area contributed by atoms with Crippen molar-refractivity contribution in [1.29, 1.82) is 0 Å². The Balaban J connectivity index is 2.03. The molecule has 1 unspecified atom stereocenters. The predicted octanol–water partition coefficient (Wildman–Crippen LogP) is 3.07. The van der Waals surface area contributed by atoms with E-state index >= 15 is 0 Å². The van der Waals surface area contributed by atoms with Crippen LogP contribution in [0.4, 0.5) is 10.1 Å². The summed E-state index contributed by atoms with van der Waals surface area (Å²) in [6.07, 6.45) is 0.524. The second-order valence-corrected chi connectivity index (χ2v) is 4.31. The SMILES string of the molecule is Nc1ccc(F)cc1C(O)CCc1ccccc1. The van der Waals surface area contributed by atoms with Crippen LogP contribution in [0.25, 0.3) is 0 Å². The van der Waals surface area contributed by atoms with Gasteiger partial charge in [-0.2, -0.15) is 0 Å². The molecule has 2 aromatic rings. The summed E-state index contributed by atoms with van der Waals surface area (Å²) in [4.78, 5) is 0. The number of benzene rings is 2. The number of hydrogen-bond acceptors (Lipinski definition) is 2. The number of halogens is 1. The van der Waals surface area contributed by atoms with E-state index in [0.29, 0.717) is 17.7 Å². The van der Waals surface area contributed by atoms with Gasteiger partial charge in [-0.15, -0.1) is 0 Å². The van der Waals surface area contributed by atoms with Crippen molar-refractivity contribution in [1.82, 2.24) is 0 Å². The van der Waals surface area contributed by atoms with Crippen molar-refractivity contribution in [2.24, 2.45) is 0 Å². The van der Waals surface area contributed by atoms with E-state index in [0.717, 1.165) is 12.0 Å². The van der Waals surface area contributed by atoms with Gasteiger partial charge in [0.15, 0.2) is 0 Å². The largest absolute Gasteiger partial charge is 0.398 e. The van der Waals surface area contributed by atoms with Crippen LogP contribution in [0, 0.1) is 5.82 Å². The van der Waals surface area contributed by atoms with E-state index < -0.39 is 6.10 Å². The fraction of sp³-hybridized carbons (Fsp3) is 0.200. The first-order valence-electron chi connectivity index (χ1n) is 5.94. The number of aliphatic hydroxyl groups excluding tert-OH is 1. The van der Waals surface area contributed by atoms with Gasteiger partial charge in [0.2, 0.25) is 0 Å². The monoisotopic (exact) mass is 245 g/mol. The van der Waals surface area contributed by atoms with Gasteiger partial charge >= 0.3 is 0 Å². The minimum absolute atomic E-state index is 0.377. The molecule has 0 saturated carbocycles. The molecule has 0 radical (unpaired) electrons. The van der Waals surface area contributed by atoms with E-state index in [-0.39, 0.29) is 5.82 Å². The van der Waals surface area contributed by atoms with Gasteiger partial charge in [0.05, 0.1) is 6.10 Å². The highest BCUT2D eigenvalue weighted by molar-refractivity contribution is 5.48. The van der Waals surface area contributed by atoms with Crippen molar-refractivity contribution in [2.45, 2.75) is 18.9 Å². The van der Waals surface area contributed by atoms with Gasteiger partial charge in [-0.3, -0.25) is 0 Å². The molecular formula is C15H16FNO. The Bertz CT molecular complexity index is 513. The Morgan fingerprint density at radius 3 is 2.56 bits per heavy atom. The molecule has 0 amide bonds. The van der Waals surface area contributed by atoms with E-state index in [1.54, 1.807) is 0 Å². The first-order chi connectivity index (χ1) is 8.66. The average molecular weight is 245 g/mol. The molecule has 0 aliphatic carbocycles. The summed E-state index contributed by atoms with van der Waals surface area (Å²) >= 11 is 0. The maximum atomic E-state index is 13.1. The topological polar surface area (TPSA) is 46.2 Å². The van der Waals surface area contributed by atoms with Crippen LogP contribution in [0.5, 0.6) is 0 Å². The number of anilines is 1. The maximum absolute atomic E-state index is 13.1. The lowest BCUT2D eigenvalue weighted by Gasteiger charge is -2.13. The van der Waals surface area contributed by atoms with Crippen molar-refractivity contribution >= 4 is 5.69 Å². The smallest absolute Gasteiger partial charge is 0.123 e. The van der Waals surface area contributed by atoms with Crippen LogP contribution in [0.2, 0.25) is 0 Å². The molecule has 0 aromatic heterocycles. The molecule has 2 aromatic carbocycles. The van der Waals surface area contributed by atoms with Crippen LogP contribution in [0.15, 0.2) is 48.5 Å². The van der Waals surface area contributed by atoms with Crippen LogP contribution in [0.1, 0.15) is 23.7 Å². The second kappa shape index (κ2) is 5.65. The third kappa shape index (κ3) is 3.08. The van der Waals surface area contributed by atoms with Crippen molar-refractivity contribution in [3.63, 3.8) is 0 Å². The molecule has 3 heteroatoms. The van der Waals surface area contributed by atoms with Gasteiger partial charge in [0.25, 0.3) is 0 Å². The van der Waals surface area contributed by atoms with E-state index in [2.05, 4.69) is 0 Å². The summed E-state index contributed by atoms with van der Waals surface area (Å²) in [5.74, 6) is -0.377. The summed E-state index contributed by atoms with van der Waals surface area (Å²) in [5.41, 5.74) is 7.77. The van der Waals surface area contributed by atoms with Crippen LogP contribution in [-0.4, -0.2) is 5.11 Å². The van der Waals surface area contributed by atoms with Crippen molar-refractivity contribution in [3.05, 3.63) is 65.5 Å². The molecule has 18 heavy (non-hydrogen) atoms. The molecular weight excluding hydrogens is 229 g/mol. The number of nitrogens with two attached hydrogens (primary N) is 1. The van der Waals surface area contributed by atoms with Crippen molar-refractivity contribution in [3.8, 4) is 0 Å². The molecule has 0 fully saturated rings. The number of nitrogen functional groups attached to an aromatic ring is 1. The molecule has 2 rings (SSSR count). The van der Waals surface area contributed by atoms with Crippen LogP contribution in [0.3, 0.4) is 0 Å². The van der Waals surface area contributed by atoms with Crippen LogP contribution in [-0.2, 0) is 6.42 Å². The second-order valence-electron chi connectivity index (χ2n) is 4.31. The molecule has 0 aliphatic rings. The Morgan fingerprint density at radius 1 is 1.11 bits per heavy atom. The van der Waals surface area contributed by atoms with Crippen molar-refractivity contribution in [2.75, 3.05) is 5.73 Å². The molecule has 0 heterocycles. The predicted molar refractivity (Wildman–Crippen MR) is 70.5 cm³/mol. The molecule has 3 N–H and O–H groups in total. The van der Waals surface area contributed by atoms with Gasteiger partial charge in [-0.25, -0.2) is 4.39 Å². The quantitative estimate of drug-likeness (QED) is 0.813. The minimum atomic E-state index is -0.735. The zero-order chi connectivity index (χ0) is 13.0. The normalized spacial score (nSPS) is 12.3. The van der Waals surface area contributed by atoms with E-state index in [4.69, 9.17) is 5.73 Å². The molecule has 0 aliphatic heterocycles. The average Bonchev–Trinajstić information content (AvgIpc) is 2.40. The number of aliphatic hydroxyl groups is 1. The van der Waals surface area contributed by atoms with Gasteiger partial charge in [-0.1, -0.05) is 30.3 Å². The Morgan fingerprint density at radius 2 is 1.83 bits per heavy atom. The fourth-order valence-electron chi connectivity index (χ4n) is 1.94. The van der Waals surface area contributed by atoms with Gasteiger partial charge in [-0.05, 0) is 36.6 Å². The summed E-state index contributed by atoms with van der Waals surface area (Å²) in [5, 5.41) is 10.0. The van der Waals surface area contributed by atoms with Crippen molar-refractivity contribution < 1.29 is 9.50 Å². The lowest BCUT2D eigenvalue weighted by molar-refractivity contribution is 0.168. The van der Waals surface area contributed by atoms with E-state index in [1.165, 1.54) is 18.2 Å². The zero-order valence-corrected chi connectivity index (χ0v) is 10.0. The molecule has 94 valence electrons. The number of rotatable bonds is 4. The summed E-state index contributed by atoms with van der Waals surface area (Å²) in [6.45, 7) is 0. The van der Waals surface area contributed by atoms with E-state index in [1.807, 2.05) is 30.3 Å². The highest BCUT2D eigenvalue weighted by Crippen LogP contribution is 2.25. The van der Waals surface area contributed by atoms with E-state index in [9.17, 15) is 9.50 Å². The molecule has 0 saturated heterocycles. The number of aryl methyl sites for hydroxylation is 1. The number of hydrogen-bond donors (Lipinski definition) is 2. The third-order valence-corrected chi connectivity index (χ3v) is 2.96. The Kier molecular flexibility index (Phi) is 3.95. The first-order valence-corrected chi connectivity index (χ1v) is 5.94. The van der Waals surface area contributed by atoms with Gasteiger partial charge in [0, 0.05) is 11.3 Å². The standard InChI is InChI=1S/C15H16FNO/c16-12-7-8-14(17)13(10-12)15(18)9-6-11-4-2-1-3-5-11/h1-5,7-8,10,15,18H,6,9,17H2. The summed E-state index contributed by atoms with van der Waals surface area (Å²) in [7, 11) is 0. The summed E-state index contributed by atoms with van der Waals surface area (Å²) < 4.78 is 13.1. The lowest BCUT2D eigenvalue weighted by Crippen LogP contribution is -2.04. The molecule has 2 nitrogen and oxygen atoms in total. The first kappa shape index (κ1) is 12.6.